The molecular formula is C42H56N4O10S2. The highest BCUT2D eigenvalue weighted by Crippen LogP contribution is 2.37. The van der Waals surface area contributed by atoms with Crippen LogP contribution in [0.5, 0.6) is 0 Å². The summed E-state index contributed by atoms with van der Waals surface area (Å²) in [7, 11) is -7.33. The van der Waals surface area contributed by atoms with E-state index in [1.165, 1.54) is 25.0 Å². The molecule has 2 atom stereocenters. The minimum Gasteiger partial charge on any atom is -0.384 e. The summed E-state index contributed by atoms with van der Waals surface area (Å²) in [6.45, 7) is 13.9. The van der Waals surface area contributed by atoms with Gasteiger partial charge in [0.05, 0.1) is 23.6 Å². The molecule has 1 aliphatic carbocycles. The SMILES string of the molecule is CC(CNc1ccc(NCC(C)c2ccccc2)c2c1C(=O)c1ccccc1C2=O)c1ccccc1.CCNC(C)=O.CCNC(C)=O.CS(=O)(=O)O.CS(=O)(=O)O. The maximum atomic E-state index is 13.7. The fourth-order valence-electron chi connectivity index (χ4n) is 5.34. The molecule has 4 aromatic rings. The van der Waals surface area contributed by atoms with Crippen molar-refractivity contribution in [1.29, 1.82) is 0 Å². The van der Waals surface area contributed by atoms with E-state index in [2.05, 4.69) is 59.4 Å². The number of carbonyl (C=O) groups is 4. The van der Waals surface area contributed by atoms with Gasteiger partial charge in [0.15, 0.2) is 11.6 Å². The van der Waals surface area contributed by atoms with E-state index in [4.69, 9.17) is 9.11 Å². The van der Waals surface area contributed by atoms with Gasteiger partial charge in [0, 0.05) is 62.5 Å². The van der Waals surface area contributed by atoms with Crippen molar-refractivity contribution in [3.63, 3.8) is 0 Å². The van der Waals surface area contributed by atoms with Crippen molar-refractivity contribution in [1.82, 2.24) is 10.6 Å². The lowest BCUT2D eigenvalue weighted by molar-refractivity contribution is -0.119. The molecule has 0 saturated carbocycles. The van der Waals surface area contributed by atoms with Crippen LogP contribution in [0.2, 0.25) is 0 Å². The second-order valence-electron chi connectivity index (χ2n) is 13.1. The topological polar surface area (TPSA) is 225 Å². The first-order valence-corrected chi connectivity index (χ1v) is 22.0. The van der Waals surface area contributed by atoms with Gasteiger partial charge in [-0.2, -0.15) is 16.8 Å². The summed E-state index contributed by atoms with van der Waals surface area (Å²) in [4.78, 5) is 47.2. The number of fused-ring (bicyclic) bond motifs is 2. The Bertz CT molecular complexity index is 2000. The first-order valence-electron chi connectivity index (χ1n) is 18.4. The molecule has 0 aliphatic heterocycles. The summed E-state index contributed by atoms with van der Waals surface area (Å²) in [6, 6.07) is 31.5. The molecular weight excluding hydrogens is 785 g/mol. The number of hydrogen-bond donors (Lipinski definition) is 6. The number of anilines is 2. The van der Waals surface area contributed by atoms with Crippen molar-refractivity contribution in [2.24, 2.45) is 0 Å². The zero-order chi connectivity index (χ0) is 44.1. The number of ketones is 2. The number of amides is 2. The van der Waals surface area contributed by atoms with E-state index in [0.29, 0.717) is 59.2 Å². The second-order valence-corrected chi connectivity index (χ2v) is 16.1. The van der Waals surface area contributed by atoms with Crippen LogP contribution in [0.1, 0.15) is 96.3 Å². The van der Waals surface area contributed by atoms with Gasteiger partial charge in [-0.15, -0.1) is 0 Å². The molecule has 16 heteroatoms. The first-order chi connectivity index (χ1) is 27.1. The van der Waals surface area contributed by atoms with E-state index in [9.17, 15) is 36.0 Å². The van der Waals surface area contributed by atoms with Crippen LogP contribution in [0, 0.1) is 0 Å². The van der Waals surface area contributed by atoms with Gasteiger partial charge >= 0.3 is 0 Å². The summed E-state index contributed by atoms with van der Waals surface area (Å²) in [6.07, 6.45) is 1.43. The Morgan fingerprint density at radius 3 is 1.07 bits per heavy atom. The smallest absolute Gasteiger partial charge is 0.261 e. The van der Waals surface area contributed by atoms with Crippen LogP contribution < -0.4 is 21.3 Å². The van der Waals surface area contributed by atoms with Gasteiger partial charge in [0.25, 0.3) is 20.2 Å². The van der Waals surface area contributed by atoms with Crippen LogP contribution in [-0.4, -0.2) is 88.0 Å². The zero-order valence-electron chi connectivity index (χ0n) is 34.2. The van der Waals surface area contributed by atoms with Crippen LogP contribution in [0.15, 0.2) is 97.1 Å². The number of carbonyl (C=O) groups excluding carboxylic acids is 4. The average Bonchev–Trinajstić information content (AvgIpc) is 3.14. The molecule has 4 aromatic carbocycles. The minimum absolute atomic E-state index is 0.0394. The van der Waals surface area contributed by atoms with Gasteiger partial charge in [-0.25, -0.2) is 0 Å². The number of hydrogen-bond acceptors (Lipinski definition) is 10. The Morgan fingerprint density at radius 1 is 0.552 bits per heavy atom. The summed E-state index contributed by atoms with van der Waals surface area (Å²) < 4.78 is 51.7. The number of rotatable bonds is 10. The van der Waals surface area contributed by atoms with Crippen LogP contribution in [0.3, 0.4) is 0 Å². The van der Waals surface area contributed by atoms with E-state index in [-0.39, 0.29) is 35.2 Å². The van der Waals surface area contributed by atoms with Gasteiger partial charge < -0.3 is 21.3 Å². The Morgan fingerprint density at radius 2 is 0.828 bits per heavy atom. The predicted molar refractivity (Wildman–Crippen MR) is 230 cm³/mol. The molecule has 58 heavy (non-hydrogen) atoms. The van der Waals surface area contributed by atoms with Crippen molar-refractivity contribution in [3.8, 4) is 0 Å². The molecule has 14 nitrogen and oxygen atoms in total. The number of benzene rings is 4. The van der Waals surface area contributed by atoms with Gasteiger partial charge in [0.2, 0.25) is 11.8 Å². The molecule has 1 aliphatic rings. The molecule has 0 radical (unpaired) electrons. The largest absolute Gasteiger partial charge is 0.384 e. The molecule has 5 rings (SSSR count). The highest BCUT2D eigenvalue weighted by atomic mass is 32.2. The molecule has 2 amide bonds. The summed E-state index contributed by atoms with van der Waals surface area (Å²) >= 11 is 0. The third-order valence-electron chi connectivity index (χ3n) is 7.86. The molecule has 0 fully saturated rings. The third kappa shape index (κ3) is 20.1. The van der Waals surface area contributed by atoms with E-state index in [1.807, 2.05) is 74.5 Å². The van der Waals surface area contributed by atoms with Gasteiger partial charge in [-0.1, -0.05) is 98.8 Å². The summed E-state index contributed by atoms with van der Waals surface area (Å²) in [5, 5.41) is 12.1. The van der Waals surface area contributed by atoms with Crippen molar-refractivity contribution in [2.75, 3.05) is 49.3 Å². The van der Waals surface area contributed by atoms with Gasteiger partial charge in [0.1, 0.15) is 0 Å². The van der Waals surface area contributed by atoms with E-state index in [0.717, 1.165) is 13.1 Å². The van der Waals surface area contributed by atoms with E-state index in [1.54, 1.807) is 12.1 Å². The fraction of sp³-hybridized carbons (Fsp3) is 0.333. The Kier molecular flexibility index (Phi) is 21.9. The number of nitrogens with one attached hydrogen (secondary N) is 4. The molecule has 2 unspecified atom stereocenters. The maximum Gasteiger partial charge on any atom is 0.261 e. The lowest BCUT2D eigenvalue weighted by Crippen LogP contribution is -2.25. The van der Waals surface area contributed by atoms with Crippen LogP contribution in [0.4, 0.5) is 11.4 Å². The monoisotopic (exact) mass is 840 g/mol. The molecule has 316 valence electrons. The molecule has 0 heterocycles. The molecule has 6 N–H and O–H groups in total. The highest BCUT2D eigenvalue weighted by Gasteiger charge is 2.34. The van der Waals surface area contributed by atoms with Crippen molar-refractivity contribution < 1.29 is 45.1 Å². The summed E-state index contributed by atoms with van der Waals surface area (Å²) in [5.74, 6) is 0.334. The quantitative estimate of drug-likeness (QED) is 0.0867. The van der Waals surface area contributed by atoms with E-state index >= 15 is 0 Å². The maximum absolute atomic E-state index is 13.7. The molecule has 0 aromatic heterocycles. The second kappa shape index (κ2) is 25.0. The average molecular weight is 841 g/mol. The van der Waals surface area contributed by atoms with Crippen molar-refractivity contribution >= 4 is 55.0 Å². The lowest BCUT2D eigenvalue weighted by Gasteiger charge is -2.25. The Hall–Kier alpha value is -5.42. The van der Waals surface area contributed by atoms with Crippen molar-refractivity contribution in [2.45, 2.75) is 53.4 Å². The fourth-order valence-corrected chi connectivity index (χ4v) is 5.34. The van der Waals surface area contributed by atoms with Crippen LogP contribution >= 0.6 is 0 Å². The lowest BCUT2D eigenvalue weighted by atomic mass is 9.82. The van der Waals surface area contributed by atoms with Crippen LogP contribution in [0.25, 0.3) is 0 Å². The normalized spacial score (nSPS) is 12.2. The first kappa shape index (κ1) is 50.6. The zero-order valence-corrected chi connectivity index (χ0v) is 35.8. The highest BCUT2D eigenvalue weighted by molar-refractivity contribution is 7.85. The molecule has 0 saturated heterocycles. The predicted octanol–water partition coefficient (Wildman–Crippen LogP) is 6.19. The standard InChI is InChI=1S/C32H30N2O2.2C4H9NO.2CH4O3S/c1-21(23-11-5-3-6-12-23)19-33-27-17-18-28(34-20-22(2)24-13-7-4-8-14-24)30-29(27)31(35)25-15-9-10-16-26(25)32(30)36;2*1-3-5-4(2)6;2*1-5(2,3)4/h3-18,21-22,33-34H,19-20H2,1-2H3;2*3H2,1-2H3,(H,5,6);2*1H3,(H,2,3,4). The Labute approximate surface area is 342 Å². The summed E-state index contributed by atoms with van der Waals surface area (Å²) in [5.41, 5.74) is 5.67. The minimum atomic E-state index is -3.67. The molecule has 0 bridgehead atoms. The van der Waals surface area contributed by atoms with Gasteiger partial charge in [-0.3, -0.25) is 28.3 Å². The van der Waals surface area contributed by atoms with Crippen LogP contribution in [-0.2, 0) is 29.8 Å². The third-order valence-corrected chi connectivity index (χ3v) is 7.86. The van der Waals surface area contributed by atoms with Gasteiger partial charge in [-0.05, 0) is 48.9 Å². The molecule has 0 spiro atoms. The van der Waals surface area contributed by atoms with E-state index < -0.39 is 20.2 Å². The Balaban J connectivity index is 0.000000627. The van der Waals surface area contributed by atoms with Crippen molar-refractivity contribution in [3.05, 3.63) is 130 Å².